The van der Waals surface area contributed by atoms with E-state index in [-0.39, 0.29) is 24.4 Å². The summed E-state index contributed by atoms with van der Waals surface area (Å²) in [6.07, 6.45) is 0. The second-order valence-electron chi connectivity index (χ2n) is 5.78. The smallest absolute Gasteiger partial charge is 0.350 e. The van der Waals surface area contributed by atoms with Gasteiger partial charge in [-0.1, -0.05) is 47.0 Å². The van der Waals surface area contributed by atoms with E-state index in [1.165, 1.54) is 61.3 Å². The molecule has 3 rings (SSSR count). The summed E-state index contributed by atoms with van der Waals surface area (Å²) in [6, 6.07) is 3.86. The third-order valence-electron chi connectivity index (χ3n) is 4.02. The average molecular weight is 509 g/mol. The Balaban J connectivity index is 2.17. The molecule has 0 atom stereocenters. The van der Waals surface area contributed by atoms with E-state index >= 15 is 0 Å². The minimum absolute atomic E-state index is 0.0940. The highest BCUT2D eigenvalue weighted by Crippen LogP contribution is 2.68. The SMILES string of the molecule is CCOC(=O)/C(C#N)=C1/Sc2c(OC)c(OC)c3c(c2S1)S/C(=C(/C#N)C(=O)OCC)S3. The summed E-state index contributed by atoms with van der Waals surface area (Å²) in [5.41, 5.74) is -0.188. The van der Waals surface area contributed by atoms with Gasteiger partial charge in [-0.25, -0.2) is 9.59 Å². The molecule has 2 aliphatic rings. The van der Waals surface area contributed by atoms with E-state index in [0.29, 0.717) is 29.8 Å². The van der Waals surface area contributed by atoms with Crippen molar-refractivity contribution in [3.8, 4) is 23.6 Å². The van der Waals surface area contributed by atoms with Crippen molar-refractivity contribution in [2.45, 2.75) is 33.4 Å². The van der Waals surface area contributed by atoms with E-state index in [4.69, 9.17) is 18.9 Å². The highest BCUT2D eigenvalue weighted by Gasteiger charge is 2.39. The molecule has 0 amide bonds. The summed E-state index contributed by atoms with van der Waals surface area (Å²) >= 11 is 4.93. The summed E-state index contributed by atoms with van der Waals surface area (Å²) in [6.45, 7) is 3.63. The van der Waals surface area contributed by atoms with Crippen LogP contribution < -0.4 is 9.47 Å². The van der Waals surface area contributed by atoms with Crippen LogP contribution in [0.25, 0.3) is 0 Å². The molecule has 0 spiro atoms. The van der Waals surface area contributed by atoms with Crippen molar-refractivity contribution in [3.63, 3.8) is 0 Å². The molecule has 2 heterocycles. The molecule has 0 radical (unpaired) electrons. The first-order valence-electron chi connectivity index (χ1n) is 9.11. The number of hydrogen-bond acceptors (Lipinski definition) is 12. The van der Waals surface area contributed by atoms with Crippen LogP contribution >= 0.6 is 47.0 Å². The van der Waals surface area contributed by atoms with Gasteiger partial charge in [-0.3, -0.25) is 0 Å². The largest absolute Gasteiger partial charge is 0.492 e. The average Bonchev–Trinajstić information content (AvgIpc) is 3.39. The maximum atomic E-state index is 12.3. The van der Waals surface area contributed by atoms with Gasteiger partial charge in [-0.2, -0.15) is 10.5 Å². The van der Waals surface area contributed by atoms with Crippen LogP contribution in [-0.2, 0) is 19.1 Å². The van der Waals surface area contributed by atoms with E-state index in [0.717, 1.165) is 9.79 Å². The monoisotopic (exact) mass is 508 g/mol. The van der Waals surface area contributed by atoms with E-state index in [9.17, 15) is 20.1 Å². The van der Waals surface area contributed by atoms with Crippen molar-refractivity contribution in [2.75, 3.05) is 27.4 Å². The molecule has 8 nitrogen and oxygen atoms in total. The Morgan fingerprint density at radius 1 is 0.719 bits per heavy atom. The summed E-state index contributed by atoms with van der Waals surface area (Å²) in [5.74, 6) is -0.507. The van der Waals surface area contributed by atoms with Gasteiger partial charge in [0.05, 0.1) is 45.7 Å². The zero-order valence-corrected chi connectivity index (χ0v) is 20.7. The number of carbonyl (C=O) groups excluding carboxylic acids is 2. The molecule has 0 fully saturated rings. The molecule has 0 aliphatic carbocycles. The first kappa shape index (κ1) is 24.3. The maximum Gasteiger partial charge on any atom is 0.350 e. The third-order valence-corrected chi connectivity index (χ3v) is 9.37. The number of fused-ring (bicyclic) bond motifs is 3. The lowest BCUT2D eigenvalue weighted by molar-refractivity contribution is -0.138. The Morgan fingerprint density at radius 2 is 1.06 bits per heavy atom. The van der Waals surface area contributed by atoms with Crippen LogP contribution in [0.3, 0.4) is 0 Å². The third kappa shape index (κ3) is 4.28. The number of hydrogen-bond donors (Lipinski definition) is 0. The lowest BCUT2D eigenvalue weighted by Gasteiger charge is -2.14. The number of esters is 2. The van der Waals surface area contributed by atoms with Crippen molar-refractivity contribution < 1.29 is 28.5 Å². The number of nitrogens with zero attached hydrogens (tertiary/aromatic N) is 2. The number of thioether (sulfide) groups is 4. The predicted octanol–water partition coefficient (Wildman–Crippen LogP) is 4.70. The van der Waals surface area contributed by atoms with Gasteiger partial charge in [0.1, 0.15) is 12.1 Å². The van der Waals surface area contributed by atoms with Crippen LogP contribution in [0.15, 0.2) is 39.2 Å². The quantitative estimate of drug-likeness (QED) is 0.301. The zero-order valence-electron chi connectivity index (χ0n) is 17.4. The van der Waals surface area contributed by atoms with Gasteiger partial charge in [-0.15, -0.1) is 0 Å². The van der Waals surface area contributed by atoms with Gasteiger partial charge in [0, 0.05) is 9.79 Å². The number of ether oxygens (including phenoxy) is 4. The van der Waals surface area contributed by atoms with Crippen LogP contribution in [0, 0.1) is 22.7 Å². The molecule has 0 saturated carbocycles. The minimum atomic E-state index is -0.697. The Labute approximate surface area is 201 Å². The molecule has 0 unspecified atom stereocenters. The van der Waals surface area contributed by atoms with Crippen LogP contribution in [0.2, 0.25) is 0 Å². The molecule has 32 heavy (non-hydrogen) atoms. The second kappa shape index (κ2) is 10.5. The predicted molar refractivity (Wildman–Crippen MR) is 122 cm³/mol. The molecule has 1 aromatic carbocycles. The Hall–Kier alpha value is -2.38. The van der Waals surface area contributed by atoms with Crippen molar-refractivity contribution in [1.29, 1.82) is 10.5 Å². The zero-order chi connectivity index (χ0) is 23.4. The molecule has 0 bridgehead atoms. The first-order chi connectivity index (χ1) is 15.4. The van der Waals surface area contributed by atoms with Crippen LogP contribution in [-0.4, -0.2) is 39.4 Å². The molecule has 0 saturated heterocycles. The number of benzene rings is 1. The second-order valence-corrected chi connectivity index (χ2v) is 10.4. The van der Waals surface area contributed by atoms with Crippen molar-refractivity contribution in [2.24, 2.45) is 0 Å². The van der Waals surface area contributed by atoms with Crippen molar-refractivity contribution >= 4 is 59.0 Å². The molecule has 1 aromatic rings. The summed E-state index contributed by atoms with van der Waals surface area (Å²) in [5, 5.41) is 19.1. The Kier molecular flexibility index (Phi) is 7.96. The molecular formula is C20H16N2O6S4. The van der Waals surface area contributed by atoms with Crippen LogP contribution in [0.5, 0.6) is 11.5 Å². The number of nitriles is 2. The molecule has 0 N–H and O–H groups in total. The minimum Gasteiger partial charge on any atom is -0.492 e. The molecule has 2 aliphatic heterocycles. The highest BCUT2D eigenvalue weighted by atomic mass is 32.2. The maximum absolute atomic E-state index is 12.3. The van der Waals surface area contributed by atoms with Gasteiger partial charge >= 0.3 is 11.9 Å². The van der Waals surface area contributed by atoms with Gasteiger partial charge in [-0.05, 0) is 13.8 Å². The molecule has 0 aromatic heterocycles. The first-order valence-corrected chi connectivity index (χ1v) is 12.4. The summed E-state index contributed by atoms with van der Waals surface area (Å²) in [4.78, 5) is 27.4. The van der Waals surface area contributed by atoms with E-state index in [1.807, 2.05) is 12.1 Å². The van der Waals surface area contributed by atoms with Gasteiger partial charge in [0.25, 0.3) is 0 Å². The van der Waals surface area contributed by atoms with Crippen LogP contribution in [0.1, 0.15) is 13.8 Å². The fraction of sp³-hybridized carbons (Fsp3) is 0.300. The molecule has 166 valence electrons. The highest BCUT2D eigenvalue weighted by molar-refractivity contribution is 8.27. The van der Waals surface area contributed by atoms with E-state index in [2.05, 4.69) is 0 Å². The van der Waals surface area contributed by atoms with Crippen molar-refractivity contribution in [1.82, 2.24) is 0 Å². The van der Waals surface area contributed by atoms with Gasteiger partial charge < -0.3 is 18.9 Å². The summed E-state index contributed by atoms with van der Waals surface area (Å²) < 4.78 is 22.1. The Morgan fingerprint density at radius 3 is 1.34 bits per heavy atom. The van der Waals surface area contributed by atoms with Crippen molar-refractivity contribution in [3.05, 3.63) is 19.6 Å². The molecule has 12 heteroatoms. The normalized spacial score (nSPS) is 16.8. The van der Waals surface area contributed by atoms with Gasteiger partial charge in [0.15, 0.2) is 22.6 Å². The summed E-state index contributed by atoms with van der Waals surface area (Å²) in [7, 11) is 2.99. The van der Waals surface area contributed by atoms with Crippen LogP contribution in [0.4, 0.5) is 0 Å². The van der Waals surface area contributed by atoms with Gasteiger partial charge in [0.2, 0.25) is 0 Å². The standard InChI is InChI=1S/C20H16N2O6S4/c1-5-27-17(23)9(7-21)19-29-13-11(25-3)12(26-4)14-16(15(13)31-19)32-20(30-14)10(8-22)18(24)28-6-2/h5-6H2,1-4H3/b19-9-,20-10-. The van der Waals surface area contributed by atoms with E-state index < -0.39 is 11.9 Å². The lowest BCUT2D eigenvalue weighted by atomic mass is 10.3. The number of rotatable bonds is 6. The number of methoxy groups -OCH3 is 2. The fourth-order valence-corrected chi connectivity index (χ4v) is 8.30. The Bertz CT molecular complexity index is 1060. The molecular weight excluding hydrogens is 492 g/mol. The van der Waals surface area contributed by atoms with E-state index in [1.54, 1.807) is 13.8 Å². The fourth-order valence-electron chi connectivity index (χ4n) is 2.73. The topological polar surface area (TPSA) is 119 Å². The lowest BCUT2D eigenvalue weighted by Crippen LogP contribution is -2.07. The number of carbonyl (C=O) groups is 2.